The predicted octanol–water partition coefficient (Wildman–Crippen LogP) is 4.50. The summed E-state index contributed by atoms with van der Waals surface area (Å²) >= 11 is 6.09. The highest BCUT2D eigenvalue weighted by Crippen LogP contribution is 2.30. The quantitative estimate of drug-likeness (QED) is 0.777. The molecule has 0 bridgehead atoms. The summed E-state index contributed by atoms with van der Waals surface area (Å²) in [6, 6.07) is 9.11. The van der Waals surface area contributed by atoms with Gasteiger partial charge in [0.25, 0.3) is 0 Å². The van der Waals surface area contributed by atoms with Gasteiger partial charge in [-0.15, -0.1) is 0 Å². The summed E-state index contributed by atoms with van der Waals surface area (Å²) in [6.07, 6.45) is 0. The molecule has 0 heterocycles. The molecule has 0 spiro atoms. The number of benzene rings is 2. The lowest BCUT2D eigenvalue weighted by Gasteiger charge is -2.14. The van der Waals surface area contributed by atoms with Gasteiger partial charge >= 0.3 is 0 Å². The summed E-state index contributed by atoms with van der Waals surface area (Å²) in [5.41, 5.74) is 4.05. The number of ether oxygens (including phenoxy) is 1. The summed E-state index contributed by atoms with van der Waals surface area (Å²) in [4.78, 5) is 12.7. The minimum absolute atomic E-state index is 0.0649. The second-order valence-electron chi connectivity index (χ2n) is 4.83. The standard InChI is InChI=1S/C17H17ClO2/c1-10-8-9-14(17(20-4)11(10)2)16(19)13-6-5-7-15(18)12(13)3/h5-9H,1-4H3. The summed E-state index contributed by atoms with van der Waals surface area (Å²) in [6.45, 7) is 5.80. The fourth-order valence-corrected chi connectivity index (χ4v) is 2.41. The Bertz CT molecular complexity index is 675. The molecule has 0 N–H and O–H groups in total. The second kappa shape index (κ2) is 5.68. The van der Waals surface area contributed by atoms with Gasteiger partial charge in [0.2, 0.25) is 0 Å². The monoisotopic (exact) mass is 288 g/mol. The molecular formula is C17H17ClO2. The van der Waals surface area contributed by atoms with E-state index in [4.69, 9.17) is 16.3 Å². The molecule has 0 fully saturated rings. The molecule has 0 amide bonds. The van der Waals surface area contributed by atoms with Gasteiger partial charge in [0.05, 0.1) is 12.7 Å². The third-order valence-corrected chi connectivity index (χ3v) is 4.05. The van der Waals surface area contributed by atoms with Gasteiger partial charge in [-0.25, -0.2) is 0 Å². The van der Waals surface area contributed by atoms with Crippen LogP contribution >= 0.6 is 11.6 Å². The zero-order valence-corrected chi connectivity index (χ0v) is 12.8. The van der Waals surface area contributed by atoms with Crippen LogP contribution in [-0.2, 0) is 0 Å². The molecule has 2 aromatic carbocycles. The molecule has 0 aromatic heterocycles. The van der Waals surface area contributed by atoms with Gasteiger partial charge in [-0.3, -0.25) is 4.79 Å². The van der Waals surface area contributed by atoms with Crippen molar-refractivity contribution in [2.45, 2.75) is 20.8 Å². The van der Waals surface area contributed by atoms with Crippen LogP contribution in [0.15, 0.2) is 30.3 Å². The van der Waals surface area contributed by atoms with Crippen LogP contribution in [0, 0.1) is 20.8 Å². The third kappa shape index (κ3) is 2.44. The van der Waals surface area contributed by atoms with E-state index in [9.17, 15) is 4.79 Å². The molecule has 2 nitrogen and oxygen atoms in total. The Morgan fingerprint density at radius 3 is 2.35 bits per heavy atom. The minimum atomic E-state index is -0.0649. The first-order chi connectivity index (χ1) is 9.47. The van der Waals surface area contributed by atoms with Gasteiger partial charge < -0.3 is 4.74 Å². The molecule has 0 saturated heterocycles. The largest absolute Gasteiger partial charge is 0.496 e. The lowest BCUT2D eigenvalue weighted by Crippen LogP contribution is -2.07. The molecule has 2 aromatic rings. The maximum Gasteiger partial charge on any atom is 0.197 e. The van der Waals surface area contributed by atoms with Gasteiger partial charge in [-0.05, 0) is 49.6 Å². The molecule has 0 atom stereocenters. The van der Waals surface area contributed by atoms with Crippen LogP contribution in [0.4, 0.5) is 0 Å². The molecule has 0 radical (unpaired) electrons. The topological polar surface area (TPSA) is 26.3 Å². The smallest absolute Gasteiger partial charge is 0.197 e. The lowest BCUT2D eigenvalue weighted by atomic mass is 9.95. The number of methoxy groups -OCH3 is 1. The second-order valence-corrected chi connectivity index (χ2v) is 5.24. The molecule has 2 rings (SSSR count). The Morgan fingerprint density at radius 2 is 1.70 bits per heavy atom. The van der Waals surface area contributed by atoms with Crippen molar-refractivity contribution in [2.24, 2.45) is 0 Å². The zero-order valence-electron chi connectivity index (χ0n) is 12.1. The summed E-state index contributed by atoms with van der Waals surface area (Å²) in [5, 5.41) is 0.596. The highest BCUT2D eigenvalue weighted by molar-refractivity contribution is 6.32. The first-order valence-electron chi connectivity index (χ1n) is 6.41. The van der Waals surface area contributed by atoms with Crippen molar-refractivity contribution < 1.29 is 9.53 Å². The van der Waals surface area contributed by atoms with Gasteiger partial charge in [-0.2, -0.15) is 0 Å². The van der Waals surface area contributed by atoms with Crippen molar-refractivity contribution in [3.8, 4) is 5.75 Å². The third-order valence-electron chi connectivity index (χ3n) is 3.64. The van der Waals surface area contributed by atoms with E-state index >= 15 is 0 Å². The van der Waals surface area contributed by atoms with E-state index in [0.717, 1.165) is 16.7 Å². The number of aryl methyl sites for hydroxylation is 1. The highest BCUT2D eigenvalue weighted by Gasteiger charge is 2.19. The molecule has 3 heteroatoms. The normalized spacial score (nSPS) is 10.4. The first-order valence-corrected chi connectivity index (χ1v) is 6.79. The number of hydrogen-bond donors (Lipinski definition) is 0. The van der Waals surface area contributed by atoms with Crippen LogP contribution in [0.1, 0.15) is 32.6 Å². The number of carbonyl (C=O) groups excluding carboxylic acids is 1. The maximum atomic E-state index is 12.7. The molecule has 0 unspecified atom stereocenters. The van der Waals surface area contributed by atoms with Crippen LogP contribution in [0.5, 0.6) is 5.75 Å². The molecule has 20 heavy (non-hydrogen) atoms. The Kier molecular flexibility index (Phi) is 4.15. The highest BCUT2D eigenvalue weighted by atomic mass is 35.5. The van der Waals surface area contributed by atoms with Crippen molar-refractivity contribution >= 4 is 17.4 Å². The lowest BCUT2D eigenvalue weighted by molar-refractivity contribution is 0.103. The fourth-order valence-electron chi connectivity index (χ4n) is 2.23. The van der Waals surface area contributed by atoms with E-state index in [1.54, 1.807) is 25.3 Å². The van der Waals surface area contributed by atoms with E-state index in [-0.39, 0.29) is 5.78 Å². The summed E-state index contributed by atoms with van der Waals surface area (Å²) in [7, 11) is 1.59. The number of ketones is 1. The molecule has 0 saturated carbocycles. The van der Waals surface area contributed by atoms with Gasteiger partial charge in [0.1, 0.15) is 5.75 Å². The average molecular weight is 289 g/mol. The van der Waals surface area contributed by atoms with Crippen molar-refractivity contribution in [1.82, 2.24) is 0 Å². The zero-order chi connectivity index (χ0) is 14.9. The molecular weight excluding hydrogens is 272 g/mol. The average Bonchev–Trinajstić information content (AvgIpc) is 2.44. The fraction of sp³-hybridized carbons (Fsp3) is 0.235. The maximum absolute atomic E-state index is 12.7. The molecule has 0 aliphatic carbocycles. The summed E-state index contributed by atoms with van der Waals surface area (Å²) < 4.78 is 5.42. The van der Waals surface area contributed by atoms with Crippen LogP contribution in [-0.4, -0.2) is 12.9 Å². The molecule has 0 aliphatic rings. The summed E-state index contributed by atoms with van der Waals surface area (Å²) in [5.74, 6) is 0.569. The number of carbonyl (C=O) groups is 1. The minimum Gasteiger partial charge on any atom is -0.496 e. The SMILES string of the molecule is COc1c(C(=O)c2cccc(Cl)c2C)ccc(C)c1C. The molecule has 0 aliphatic heterocycles. The van der Waals surface area contributed by atoms with E-state index < -0.39 is 0 Å². The van der Waals surface area contributed by atoms with E-state index in [1.165, 1.54) is 0 Å². The van der Waals surface area contributed by atoms with Crippen LogP contribution in [0.2, 0.25) is 5.02 Å². The van der Waals surface area contributed by atoms with Gasteiger partial charge in [-0.1, -0.05) is 29.8 Å². The first kappa shape index (κ1) is 14.6. The molecule has 104 valence electrons. The van der Waals surface area contributed by atoms with Crippen LogP contribution in [0.3, 0.4) is 0 Å². The van der Waals surface area contributed by atoms with Crippen LogP contribution in [0.25, 0.3) is 0 Å². The van der Waals surface area contributed by atoms with E-state index in [1.807, 2.05) is 32.9 Å². The van der Waals surface area contributed by atoms with Crippen LogP contribution < -0.4 is 4.74 Å². The number of rotatable bonds is 3. The van der Waals surface area contributed by atoms with Crippen molar-refractivity contribution in [3.05, 3.63) is 63.2 Å². The van der Waals surface area contributed by atoms with Crippen molar-refractivity contribution in [2.75, 3.05) is 7.11 Å². The van der Waals surface area contributed by atoms with Crippen molar-refractivity contribution in [3.63, 3.8) is 0 Å². The Hall–Kier alpha value is -1.80. The number of hydrogen-bond acceptors (Lipinski definition) is 2. The van der Waals surface area contributed by atoms with E-state index in [2.05, 4.69) is 0 Å². The Balaban J connectivity index is 2.60. The van der Waals surface area contributed by atoms with Gasteiger partial charge in [0, 0.05) is 10.6 Å². The van der Waals surface area contributed by atoms with Gasteiger partial charge in [0.15, 0.2) is 5.78 Å². The Labute approximate surface area is 124 Å². The van der Waals surface area contributed by atoms with E-state index in [0.29, 0.717) is 21.9 Å². The Morgan fingerprint density at radius 1 is 1.00 bits per heavy atom. The van der Waals surface area contributed by atoms with Crippen molar-refractivity contribution in [1.29, 1.82) is 0 Å². The predicted molar refractivity (Wildman–Crippen MR) is 82.1 cm³/mol. The number of halogens is 1.